The third-order valence-corrected chi connectivity index (χ3v) is 3.88. The Kier molecular flexibility index (Phi) is 9.31. The molecule has 0 aromatic heterocycles. The fourth-order valence-corrected chi connectivity index (χ4v) is 2.32. The van der Waals surface area contributed by atoms with Gasteiger partial charge in [0, 0.05) is 12.6 Å². The largest absolute Gasteiger partial charge is 0.389 e. The van der Waals surface area contributed by atoms with Crippen LogP contribution in [0.25, 0.3) is 0 Å². The summed E-state index contributed by atoms with van der Waals surface area (Å²) in [5, 5.41) is 10.2. The third-order valence-electron chi connectivity index (χ3n) is 3.88. The van der Waals surface area contributed by atoms with E-state index in [1.165, 1.54) is 12.8 Å². The van der Waals surface area contributed by atoms with Gasteiger partial charge in [-0.25, -0.2) is 0 Å². The van der Waals surface area contributed by atoms with Gasteiger partial charge in [0.1, 0.15) is 0 Å². The zero-order chi connectivity index (χ0) is 15.5. The Morgan fingerprint density at radius 3 is 2.52 bits per heavy atom. The molecule has 0 bridgehead atoms. The molecule has 0 amide bonds. The summed E-state index contributed by atoms with van der Waals surface area (Å²) in [4.78, 5) is 2.38. The van der Waals surface area contributed by atoms with E-state index in [1.807, 2.05) is 30.3 Å². The maximum Gasteiger partial charge on any atom is 0.0900 e. The molecule has 0 saturated heterocycles. The van der Waals surface area contributed by atoms with E-state index in [1.54, 1.807) is 0 Å². The summed E-state index contributed by atoms with van der Waals surface area (Å²) in [6, 6.07) is 10.6. The lowest BCUT2D eigenvalue weighted by Gasteiger charge is -2.30. The van der Waals surface area contributed by atoms with E-state index in [-0.39, 0.29) is 0 Å². The summed E-state index contributed by atoms with van der Waals surface area (Å²) in [6.45, 7) is 9.35. The predicted molar refractivity (Wildman–Crippen MR) is 88.3 cm³/mol. The summed E-state index contributed by atoms with van der Waals surface area (Å²) >= 11 is 0. The lowest BCUT2D eigenvalue weighted by atomic mass is 10.1. The van der Waals surface area contributed by atoms with Crippen molar-refractivity contribution in [2.24, 2.45) is 0 Å². The van der Waals surface area contributed by atoms with Crippen LogP contribution >= 0.6 is 0 Å². The molecule has 0 unspecified atom stereocenters. The first kappa shape index (κ1) is 18.1. The van der Waals surface area contributed by atoms with E-state index in [0.29, 0.717) is 25.8 Å². The zero-order valence-electron chi connectivity index (χ0n) is 13.8. The van der Waals surface area contributed by atoms with Crippen LogP contribution in [0.1, 0.15) is 45.6 Å². The number of benzene rings is 1. The summed E-state index contributed by atoms with van der Waals surface area (Å²) in [6.07, 6.45) is 3.07. The molecule has 21 heavy (non-hydrogen) atoms. The highest BCUT2D eigenvalue weighted by molar-refractivity contribution is 5.13. The van der Waals surface area contributed by atoms with E-state index < -0.39 is 6.10 Å². The SMILES string of the molecule is CCCCN(C[C@@H](O)COCc1ccccc1)[C@H](C)CC. The number of hydrogen-bond donors (Lipinski definition) is 1. The standard InChI is InChI=1S/C18H31NO2/c1-4-6-12-19(16(3)5-2)13-18(20)15-21-14-17-10-8-7-9-11-17/h7-11,16,18,20H,4-6,12-15H2,1-3H3/t16-,18-/m1/s1. The van der Waals surface area contributed by atoms with Gasteiger partial charge in [-0.2, -0.15) is 0 Å². The Labute approximate surface area is 129 Å². The fourth-order valence-electron chi connectivity index (χ4n) is 2.32. The van der Waals surface area contributed by atoms with Crippen LogP contribution in [0.15, 0.2) is 30.3 Å². The molecule has 2 atom stereocenters. The number of aliphatic hydroxyl groups is 1. The highest BCUT2D eigenvalue weighted by Crippen LogP contribution is 2.08. The van der Waals surface area contributed by atoms with E-state index in [9.17, 15) is 5.11 Å². The van der Waals surface area contributed by atoms with Crippen LogP contribution in [0.4, 0.5) is 0 Å². The topological polar surface area (TPSA) is 32.7 Å². The van der Waals surface area contributed by atoms with Crippen molar-refractivity contribution in [1.82, 2.24) is 4.90 Å². The molecule has 120 valence electrons. The summed E-state index contributed by atoms with van der Waals surface area (Å²) in [7, 11) is 0. The van der Waals surface area contributed by atoms with E-state index >= 15 is 0 Å². The normalized spacial score (nSPS) is 14.3. The molecule has 3 nitrogen and oxygen atoms in total. The molecule has 3 heteroatoms. The second kappa shape index (κ2) is 10.8. The molecule has 0 aliphatic rings. The molecule has 1 rings (SSSR count). The number of rotatable bonds is 11. The van der Waals surface area contributed by atoms with Gasteiger partial charge in [-0.05, 0) is 31.9 Å². The van der Waals surface area contributed by atoms with E-state index in [4.69, 9.17) is 4.74 Å². The second-order valence-electron chi connectivity index (χ2n) is 5.76. The van der Waals surface area contributed by atoms with E-state index in [2.05, 4.69) is 25.7 Å². The average molecular weight is 293 g/mol. The van der Waals surface area contributed by atoms with Crippen LogP contribution in [0.3, 0.4) is 0 Å². The monoisotopic (exact) mass is 293 g/mol. The number of unbranched alkanes of at least 4 members (excludes halogenated alkanes) is 1. The van der Waals surface area contributed by atoms with Gasteiger partial charge in [0.15, 0.2) is 0 Å². The Hall–Kier alpha value is -0.900. The van der Waals surface area contributed by atoms with Gasteiger partial charge in [0.25, 0.3) is 0 Å². The minimum atomic E-state index is -0.417. The molecule has 0 heterocycles. The molecular weight excluding hydrogens is 262 g/mol. The third kappa shape index (κ3) is 7.60. The highest BCUT2D eigenvalue weighted by Gasteiger charge is 2.16. The van der Waals surface area contributed by atoms with Gasteiger partial charge in [-0.3, -0.25) is 4.90 Å². The minimum absolute atomic E-state index is 0.397. The van der Waals surface area contributed by atoms with Crippen molar-refractivity contribution < 1.29 is 9.84 Å². The first-order valence-corrected chi connectivity index (χ1v) is 8.21. The van der Waals surface area contributed by atoms with Gasteiger partial charge in [-0.1, -0.05) is 50.6 Å². The molecular formula is C18H31NO2. The van der Waals surface area contributed by atoms with Crippen molar-refractivity contribution in [3.05, 3.63) is 35.9 Å². The molecule has 0 fully saturated rings. The Morgan fingerprint density at radius 1 is 1.19 bits per heavy atom. The zero-order valence-corrected chi connectivity index (χ0v) is 13.8. The van der Waals surface area contributed by atoms with Crippen molar-refractivity contribution >= 4 is 0 Å². The highest BCUT2D eigenvalue weighted by atomic mass is 16.5. The Bertz CT molecular complexity index is 355. The Morgan fingerprint density at radius 2 is 1.90 bits per heavy atom. The lowest BCUT2D eigenvalue weighted by Crippen LogP contribution is -2.40. The first-order chi connectivity index (χ1) is 10.2. The van der Waals surface area contributed by atoms with E-state index in [0.717, 1.165) is 18.5 Å². The van der Waals surface area contributed by atoms with Crippen LogP contribution in [0, 0.1) is 0 Å². The molecule has 1 aromatic carbocycles. The summed E-state index contributed by atoms with van der Waals surface area (Å²) in [5.74, 6) is 0. The van der Waals surface area contributed by atoms with Crippen molar-refractivity contribution in [2.75, 3.05) is 19.7 Å². The predicted octanol–water partition coefficient (Wildman–Crippen LogP) is 3.46. The minimum Gasteiger partial charge on any atom is -0.389 e. The van der Waals surface area contributed by atoms with Gasteiger partial charge < -0.3 is 9.84 Å². The maximum absolute atomic E-state index is 10.2. The lowest BCUT2D eigenvalue weighted by molar-refractivity contribution is 0.00302. The summed E-state index contributed by atoms with van der Waals surface area (Å²) in [5.41, 5.74) is 1.15. The van der Waals surface area contributed by atoms with Crippen LogP contribution in [0.2, 0.25) is 0 Å². The molecule has 1 N–H and O–H groups in total. The average Bonchev–Trinajstić information content (AvgIpc) is 2.51. The second-order valence-corrected chi connectivity index (χ2v) is 5.76. The van der Waals surface area contributed by atoms with Gasteiger partial charge in [-0.15, -0.1) is 0 Å². The molecule has 0 radical (unpaired) electrons. The molecule has 0 spiro atoms. The number of hydrogen-bond acceptors (Lipinski definition) is 3. The smallest absolute Gasteiger partial charge is 0.0900 e. The Balaban J connectivity index is 2.30. The van der Waals surface area contributed by atoms with Crippen LogP contribution < -0.4 is 0 Å². The van der Waals surface area contributed by atoms with Crippen LogP contribution in [0.5, 0.6) is 0 Å². The van der Waals surface area contributed by atoms with Crippen LogP contribution in [-0.2, 0) is 11.3 Å². The van der Waals surface area contributed by atoms with Gasteiger partial charge in [0.05, 0.1) is 19.3 Å². The first-order valence-electron chi connectivity index (χ1n) is 8.21. The fraction of sp³-hybridized carbons (Fsp3) is 0.667. The quantitative estimate of drug-likeness (QED) is 0.678. The number of nitrogens with zero attached hydrogens (tertiary/aromatic N) is 1. The maximum atomic E-state index is 10.2. The molecule has 1 aromatic rings. The molecule has 0 aliphatic carbocycles. The van der Waals surface area contributed by atoms with Gasteiger partial charge in [0.2, 0.25) is 0 Å². The van der Waals surface area contributed by atoms with Crippen molar-refractivity contribution in [2.45, 2.75) is 58.8 Å². The molecule has 0 aliphatic heterocycles. The molecule has 0 saturated carbocycles. The van der Waals surface area contributed by atoms with Crippen molar-refractivity contribution in [1.29, 1.82) is 0 Å². The van der Waals surface area contributed by atoms with Gasteiger partial charge >= 0.3 is 0 Å². The van der Waals surface area contributed by atoms with Crippen molar-refractivity contribution in [3.63, 3.8) is 0 Å². The number of ether oxygens (including phenoxy) is 1. The van der Waals surface area contributed by atoms with Crippen LogP contribution in [-0.4, -0.2) is 41.8 Å². The van der Waals surface area contributed by atoms with Crippen molar-refractivity contribution in [3.8, 4) is 0 Å². The number of aliphatic hydroxyl groups excluding tert-OH is 1. The summed E-state index contributed by atoms with van der Waals surface area (Å²) < 4.78 is 5.62.